The minimum absolute atomic E-state index is 0.00479. The lowest BCUT2D eigenvalue weighted by Gasteiger charge is -2.21. The van der Waals surface area contributed by atoms with Gasteiger partial charge in [0.15, 0.2) is 6.61 Å². The number of carbonyl (C=O) groups is 1. The molecule has 1 amide bonds. The Morgan fingerprint density at radius 2 is 1.75 bits per heavy atom. The first-order valence-corrected chi connectivity index (χ1v) is 8.92. The zero-order chi connectivity index (χ0) is 20.7. The van der Waals surface area contributed by atoms with Crippen molar-refractivity contribution in [2.24, 2.45) is 5.92 Å². The Hall–Kier alpha value is -2.70. The molecule has 2 rings (SSSR count). The molecule has 0 aromatic heterocycles. The first-order chi connectivity index (χ1) is 13.2. The number of methoxy groups -OCH3 is 1. The Labute approximate surface area is 162 Å². The molecule has 1 unspecified atom stereocenters. The van der Waals surface area contributed by atoms with Crippen LogP contribution in [0, 0.1) is 5.92 Å². The maximum Gasteiger partial charge on any atom is 0.416 e. The Bertz CT molecular complexity index is 773. The third-order valence-electron chi connectivity index (χ3n) is 4.09. The molecule has 4 nitrogen and oxygen atoms in total. The predicted octanol–water partition coefficient (Wildman–Crippen LogP) is 5.00. The van der Waals surface area contributed by atoms with Gasteiger partial charge in [0.05, 0.1) is 18.7 Å². The second-order valence-corrected chi connectivity index (χ2v) is 6.84. The van der Waals surface area contributed by atoms with E-state index in [9.17, 15) is 18.0 Å². The average molecular weight is 395 g/mol. The van der Waals surface area contributed by atoms with Crippen LogP contribution in [0.1, 0.15) is 37.4 Å². The van der Waals surface area contributed by atoms with E-state index in [0.29, 0.717) is 18.1 Å². The summed E-state index contributed by atoms with van der Waals surface area (Å²) in [5.74, 6) is 0.636. The first kappa shape index (κ1) is 21.6. The van der Waals surface area contributed by atoms with Crippen molar-refractivity contribution in [3.8, 4) is 11.5 Å². The number of ether oxygens (including phenoxy) is 2. The van der Waals surface area contributed by atoms with E-state index in [4.69, 9.17) is 9.47 Å². The molecule has 0 aliphatic heterocycles. The van der Waals surface area contributed by atoms with E-state index < -0.39 is 17.6 Å². The van der Waals surface area contributed by atoms with Crippen molar-refractivity contribution in [2.75, 3.05) is 13.7 Å². The van der Waals surface area contributed by atoms with Crippen LogP contribution in [-0.2, 0) is 11.0 Å². The molecule has 1 atom stereocenters. The van der Waals surface area contributed by atoms with Gasteiger partial charge in [0, 0.05) is 0 Å². The summed E-state index contributed by atoms with van der Waals surface area (Å²) in [7, 11) is 1.58. The smallest absolute Gasteiger partial charge is 0.416 e. The van der Waals surface area contributed by atoms with E-state index in [-0.39, 0.29) is 18.4 Å². The molecule has 0 aliphatic carbocycles. The van der Waals surface area contributed by atoms with Crippen molar-refractivity contribution < 1.29 is 27.4 Å². The van der Waals surface area contributed by atoms with E-state index in [1.54, 1.807) is 7.11 Å². The second kappa shape index (κ2) is 9.48. The Balaban J connectivity index is 2.01. The number of carbonyl (C=O) groups excluding carboxylic acids is 1. The zero-order valence-corrected chi connectivity index (χ0v) is 16.0. The molecule has 0 heterocycles. The molecule has 0 aliphatic rings. The number of halogens is 3. The molecular weight excluding hydrogens is 371 g/mol. The molecule has 28 heavy (non-hydrogen) atoms. The molecule has 0 saturated carbocycles. The van der Waals surface area contributed by atoms with Gasteiger partial charge in [0.2, 0.25) is 0 Å². The highest BCUT2D eigenvalue weighted by molar-refractivity contribution is 5.78. The standard InChI is InChI=1S/C21H24F3NO3/c1-14(2)11-19(15-7-9-17(27-3)10-8-15)25-20(26)13-28-18-6-4-5-16(12-18)21(22,23)24/h4-10,12,14,19H,11,13H2,1-3H3,(H,25,26). The van der Waals surface area contributed by atoms with Gasteiger partial charge in [-0.25, -0.2) is 0 Å². The fourth-order valence-electron chi connectivity index (χ4n) is 2.73. The van der Waals surface area contributed by atoms with Gasteiger partial charge in [-0.15, -0.1) is 0 Å². The number of amides is 1. The molecule has 2 aromatic rings. The molecule has 0 bridgehead atoms. The third kappa shape index (κ3) is 6.48. The van der Waals surface area contributed by atoms with Crippen LogP contribution in [0.4, 0.5) is 13.2 Å². The zero-order valence-electron chi connectivity index (χ0n) is 16.0. The van der Waals surface area contributed by atoms with Crippen LogP contribution in [0.25, 0.3) is 0 Å². The highest BCUT2D eigenvalue weighted by Gasteiger charge is 2.30. The average Bonchev–Trinajstić information content (AvgIpc) is 2.65. The molecule has 1 N–H and O–H groups in total. The Kier molecular flexibility index (Phi) is 7.31. The summed E-state index contributed by atoms with van der Waals surface area (Å²) >= 11 is 0. The molecule has 2 aromatic carbocycles. The van der Waals surface area contributed by atoms with Gasteiger partial charge in [0.25, 0.3) is 5.91 Å². The topological polar surface area (TPSA) is 47.6 Å². The molecular formula is C21H24F3NO3. The predicted molar refractivity (Wildman–Crippen MR) is 100 cm³/mol. The first-order valence-electron chi connectivity index (χ1n) is 8.92. The van der Waals surface area contributed by atoms with Crippen LogP contribution in [0.2, 0.25) is 0 Å². The van der Waals surface area contributed by atoms with E-state index >= 15 is 0 Å². The van der Waals surface area contributed by atoms with Crippen LogP contribution in [-0.4, -0.2) is 19.6 Å². The number of rotatable bonds is 8. The quantitative estimate of drug-likeness (QED) is 0.685. The highest BCUT2D eigenvalue weighted by atomic mass is 19.4. The summed E-state index contributed by atoms with van der Waals surface area (Å²) in [5, 5.41) is 2.89. The van der Waals surface area contributed by atoms with Crippen LogP contribution in [0.5, 0.6) is 11.5 Å². The summed E-state index contributed by atoms with van der Waals surface area (Å²) in [5.41, 5.74) is 0.100. The van der Waals surface area contributed by atoms with E-state index in [2.05, 4.69) is 5.32 Å². The number of benzene rings is 2. The fourth-order valence-corrected chi connectivity index (χ4v) is 2.73. The fraction of sp³-hybridized carbons (Fsp3) is 0.381. The minimum Gasteiger partial charge on any atom is -0.497 e. The summed E-state index contributed by atoms with van der Waals surface area (Å²) in [6.07, 6.45) is -3.75. The van der Waals surface area contributed by atoms with Crippen molar-refractivity contribution in [3.63, 3.8) is 0 Å². The van der Waals surface area contributed by atoms with Crippen LogP contribution in [0.3, 0.4) is 0 Å². The van der Waals surface area contributed by atoms with E-state index in [0.717, 1.165) is 17.7 Å². The van der Waals surface area contributed by atoms with Gasteiger partial charge in [-0.05, 0) is 48.2 Å². The lowest BCUT2D eigenvalue weighted by molar-refractivity contribution is -0.137. The van der Waals surface area contributed by atoms with Crippen molar-refractivity contribution in [1.29, 1.82) is 0 Å². The summed E-state index contributed by atoms with van der Waals surface area (Å²) < 4.78 is 48.7. The second-order valence-electron chi connectivity index (χ2n) is 6.84. The van der Waals surface area contributed by atoms with E-state index in [1.165, 1.54) is 12.1 Å². The van der Waals surface area contributed by atoms with Gasteiger partial charge in [-0.3, -0.25) is 4.79 Å². The van der Waals surface area contributed by atoms with Gasteiger partial charge in [-0.2, -0.15) is 13.2 Å². The molecule has 152 valence electrons. The summed E-state index contributed by atoms with van der Waals surface area (Å²) in [4.78, 5) is 12.3. The van der Waals surface area contributed by atoms with Crippen LogP contribution in [0.15, 0.2) is 48.5 Å². The molecule has 0 saturated heterocycles. The number of hydrogen-bond donors (Lipinski definition) is 1. The van der Waals surface area contributed by atoms with Gasteiger partial charge in [-0.1, -0.05) is 32.0 Å². The van der Waals surface area contributed by atoms with Crippen molar-refractivity contribution in [2.45, 2.75) is 32.5 Å². The Morgan fingerprint density at radius 1 is 1.07 bits per heavy atom. The van der Waals surface area contributed by atoms with Crippen molar-refractivity contribution >= 4 is 5.91 Å². The summed E-state index contributed by atoms with van der Waals surface area (Å²) in [6.45, 7) is 3.72. The third-order valence-corrected chi connectivity index (χ3v) is 4.09. The van der Waals surface area contributed by atoms with Gasteiger partial charge >= 0.3 is 6.18 Å². The molecule has 0 fully saturated rings. The van der Waals surface area contributed by atoms with E-state index in [1.807, 2.05) is 38.1 Å². The highest BCUT2D eigenvalue weighted by Crippen LogP contribution is 2.31. The summed E-state index contributed by atoms with van der Waals surface area (Å²) in [6, 6.07) is 11.6. The maximum absolute atomic E-state index is 12.8. The maximum atomic E-state index is 12.8. The van der Waals surface area contributed by atoms with Crippen molar-refractivity contribution in [3.05, 3.63) is 59.7 Å². The number of alkyl halides is 3. The lowest BCUT2D eigenvalue weighted by atomic mass is 9.97. The van der Waals surface area contributed by atoms with Gasteiger partial charge in [0.1, 0.15) is 11.5 Å². The number of nitrogens with one attached hydrogen (secondary N) is 1. The molecule has 0 spiro atoms. The van der Waals surface area contributed by atoms with Crippen LogP contribution >= 0.6 is 0 Å². The SMILES string of the molecule is COc1ccc(C(CC(C)C)NC(=O)COc2cccc(C(F)(F)F)c2)cc1. The number of hydrogen-bond acceptors (Lipinski definition) is 3. The normalized spacial score (nSPS) is 12.5. The molecule has 0 radical (unpaired) electrons. The molecule has 7 heteroatoms. The van der Waals surface area contributed by atoms with Crippen LogP contribution < -0.4 is 14.8 Å². The van der Waals surface area contributed by atoms with Gasteiger partial charge < -0.3 is 14.8 Å². The lowest BCUT2D eigenvalue weighted by Crippen LogP contribution is -2.33. The van der Waals surface area contributed by atoms with Crippen molar-refractivity contribution in [1.82, 2.24) is 5.32 Å². The largest absolute Gasteiger partial charge is 0.497 e. The monoisotopic (exact) mass is 395 g/mol. The minimum atomic E-state index is -4.46. The Morgan fingerprint density at radius 3 is 2.32 bits per heavy atom.